The Kier molecular flexibility index (Phi) is 4.31. The Labute approximate surface area is 97.1 Å². The van der Waals surface area contributed by atoms with Crippen LogP contribution in [0.1, 0.15) is 24.8 Å². The summed E-state index contributed by atoms with van der Waals surface area (Å²) in [7, 11) is 0. The molecule has 1 aliphatic heterocycles. The molecule has 88 valence electrons. The van der Waals surface area contributed by atoms with Crippen LogP contribution in [-0.2, 0) is 6.42 Å². The summed E-state index contributed by atoms with van der Waals surface area (Å²) in [5.74, 6) is 0. The van der Waals surface area contributed by atoms with Crippen LogP contribution in [0.4, 0.5) is 0 Å². The summed E-state index contributed by atoms with van der Waals surface area (Å²) in [5, 5.41) is 8.98. The summed E-state index contributed by atoms with van der Waals surface area (Å²) in [6.45, 7) is 2.27. The summed E-state index contributed by atoms with van der Waals surface area (Å²) >= 11 is 0. The molecule has 1 aliphatic rings. The molecule has 1 saturated heterocycles. The topological polar surface area (TPSA) is 36.4 Å². The van der Waals surface area contributed by atoms with Crippen LogP contribution in [0, 0.1) is 0 Å². The second kappa shape index (κ2) is 5.97. The Morgan fingerprint density at radius 2 is 2.19 bits per heavy atom. The van der Waals surface area contributed by atoms with Crippen molar-refractivity contribution in [3.63, 3.8) is 0 Å². The van der Waals surface area contributed by atoms with Gasteiger partial charge in [0.1, 0.15) is 0 Å². The molecule has 0 amide bonds. The van der Waals surface area contributed by atoms with E-state index in [-0.39, 0.29) is 6.61 Å². The number of aliphatic hydroxyl groups is 1. The van der Waals surface area contributed by atoms with Crippen LogP contribution < -0.4 is 0 Å². The number of hydrogen-bond acceptors (Lipinski definition) is 3. The maximum atomic E-state index is 8.98. The summed E-state index contributed by atoms with van der Waals surface area (Å²) in [5.41, 5.74) is 1.37. The monoisotopic (exact) mass is 220 g/mol. The number of pyridine rings is 1. The van der Waals surface area contributed by atoms with E-state index in [1.165, 1.54) is 24.8 Å². The Hall–Kier alpha value is -0.930. The van der Waals surface area contributed by atoms with E-state index in [1.54, 1.807) is 0 Å². The summed E-state index contributed by atoms with van der Waals surface area (Å²) in [6, 6.07) is 4.84. The van der Waals surface area contributed by atoms with Crippen LogP contribution >= 0.6 is 0 Å². The molecule has 2 heterocycles. The first-order valence-corrected chi connectivity index (χ1v) is 6.14. The summed E-state index contributed by atoms with van der Waals surface area (Å²) < 4.78 is 0. The van der Waals surface area contributed by atoms with E-state index in [1.807, 2.05) is 12.4 Å². The lowest BCUT2D eigenvalue weighted by atomic mass is 10.0. The van der Waals surface area contributed by atoms with Crippen LogP contribution in [-0.4, -0.2) is 40.7 Å². The van der Waals surface area contributed by atoms with Gasteiger partial charge in [0.2, 0.25) is 0 Å². The van der Waals surface area contributed by atoms with Gasteiger partial charge in [-0.2, -0.15) is 0 Å². The molecule has 16 heavy (non-hydrogen) atoms. The highest BCUT2D eigenvalue weighted by molar-refractivity contribution is 5.10. The standard InChI is InChI=1S/C13H20N2O/c16-11-10-15-9-1-2-13(15)4-3-12-5-7-14-8-6-12/h5-8,13,16H,1-4,9-11H2/t13-/m0/s1. The molecular formula is C13H20N2O. The number of likely N-dealkylation sites (tertiary alicyclic amines) is 1. The van der Waals surface area contributed by atoms with Crippen molar-refractivity contribution >= 4 is 0 Å². The van der Waals surface area contributed by atoms with Crippen LogP contribution in [0.25, 0.3) is 0 Å². The highest BCUT2D eigenvalue weighted by Gasteiger charge is 2.23. The maximum Gasteiger partial charge on any atom is 0.0558 e. The van der Waals surface area contributed by atoms with E-state index < -0.39 is 0 Å². The minimum absolute atomic E-state index is 0.283. The lowest BCUT2D eigenvalue weighted by molar-refractivity contribution is 0.180. The van der Waals surface area contributed by atoms with E-state index in [4.69, 9.17) is 5.11 Å². The van der Waals surface area contributed by atoms with E-state index in [2.05, 4.69) is 22.0 Å². The molecule has 0 aliphatic carbocycles. The number of aliphatic hydroxyl groups excluding tert-OH is 1. The first kappa shape index (κ1) is 11.6. The average molecular weight is 220 g/mol. The van der Waals surface area contributed by atoms with Crippen molar-refractivity contribution < 1.29 is 5.11 Å². The van der Waals surface area contributed by atoms with Crippen molar-refractivity contribution in [3.8, 4) is 0 Å². The summed E-state index contributed by atoms with van der Waals surface area (Å²) in [4.78, 5) is 6.44. The molecule has 0 bridgehead atoms. The SMILES string of the molecule is OCCN1CCC[C@H]1CCc1ccncc1. The van der Waals surface area contributed by atoms with Crippen LogP contribution in [0.15, 0.2) is 24.5 Å². The molecule has 0 radical (unpaired) electrons. The Morgan fingerprint density at radius 3 is 2.94 bits per heavy atom. The fraction of sp³-hybridized carbons (Fsp3) is 0.615. The van der Waals surface area contributed by atoms with Gasteiger partial charge < -0.3 is 5.11 Å². The van der Waals surface area contributed by atoms with Gasteiger partial charge in [0, 0.05) is 25.0 Å². The lowest BCUT2D eigenvalue weighted by Gasteiger charge is -2.23. The molecule has 0 aromatic carbocycles. The van der Waals surface area contributed by atoms with Gasteiger partial charge in [-0.05, 0) is 49.9 Å². The molecule has 1 aromatic rings. The van der Waals surface area contributed by atoms with Gasteiger partial charge in [0.15, 0.2) is 0 Å². The third kappa shape index (κ3) is 3.03. The molecule has 3 heteroatoms. The first-order valence-electron chi connectivity index (χ1n) is 6.14. The largest absolute Gasteiger partial charge is 0.395 e. The highest BCUT2D eigenvalue weighted by Crippen LogP contribution is 2.21. The predicted octanol–water partition coefficient (Wildman–Crippen LogP) is 1.47. The number of rotatable bonds is 5. The minimum Gasteiger partial charge on any atom is -0.395 e. The smallest absolute Gasteiger partial charge is 0.0558 e. The summed E-state index contributed by atoms with van der Waals surface area (Å²) in [6.07, 6.45) is 8.59. The number of aryl methyl sites for hydroxylation is 1. The average Bonchev–Trinajstić information content (AvgIpc) is 2.76. The zero-order valence-electron chi connectivity index (χ0n) is 9.68. The second-order valence-electron chi connectivity index (χ2n) is 4.45. The molecule has 2 rings (SSSR count). The quantitative estimate of drug-likeness (QED) is 0.816. The minimum atomic E-state index is 0.283. The number of hydrogen-bond donors (Lipinski definition) is 1. The second-order valence-corrected chi connectivity index (χ2v) is 4.45. The van der Waals surface area contributed by atoms with Gasteiger partial charge in [0.05, 0.1) is 6.61 Å². The third-order valence-corrected chi connectivity index (χ3v) is 3.40. The molecule has 0 spiro atoms. The number of nitrogens with zero attached hydrogens (tertiary/aromatic N) is 2. The van der Waals surface area contributed by atoms with Gasteiger partial charge in [-0.25, -0.2) is 0 Å². The molecule has 0 saturated carbocycles. The van der Waals surface area contributed by atoms with Crippen molar-refractivity contribution in [1.82, 2.24) is 9.88 Å². The van der Waals surface area contributed by atoms with Gasteiger partial charge in [0.25, 0.3) is 0 Å². The Morgan fingerprint density at radius 1 is 1.38 bits per heavy atom. The zero-order valence-corrected chi connectivity index (χ0v) is 9.68. The molecule has 1 atom stereocenters. The Bertz CT molecular complexity index is 302. The molecule has 1 fully saturated rings. The lowest BCUT2D eigenvalue weighted by Crippen LogP contribution is -2.32. The fourth-order valence-electron chi connectivity index (χ4n) is 2.53. The van der Waals surface area contributed by atoms with Gasteiger partial charge in [-0.1, -0.05) is 0 Å². The molecule has 3 nitrogen and oxygen atoms in total. The van der Waals surface area contributed by atoms with E-state index >= 15 is 0 Å². The van der Waals surface area contributed by atoms with E-state index in [0.29, 0.717) is 6.04 Å². The normalized spacial score (nSPS) is 21.4. The predicted molar refractivity (Wildman–Crippen MR) is 64.2 cm³/mol. The van der Waals surface area contributed by atoms with Crippen molar-refractivity contribution in [2.75, 3.05) is 19.7 Å². The van der Waals surface area contributed by atoms with Gasteiger partial charge >= 0.3 is 0 Å². The van der Waals surface area contributed by atoms with Crippen molar-refractivity contribution in [2.24, 2.45) is 0 Å². The van der Waals surface area contributed by atoms with E-state index in [0.717, 1.165) is 19.5 Å². The fourth-order valence-corrected chi connectivity index (χ4v) is 2.53. The van der Waals surface area contributed by atoms with Crippen molar-refractivity contribution in [2.45, 2.75) is 31.7 Å². The van der Waals surface area contributed by atoms with Crippen molar-refractivity contribution in [1.29, 1.82) is 0 Å². The molecule has 0 unspecified atom stereocenters. The van der Waals surface area contributed by atoms with Crippen LogP contribution in [0.3, 0.4) is 0 Å². The zero-order chi connectivity index (χ0) is 11.2. The molecule has 1 N–H and O–H groups in total. The van der Waals surface area contributed by atoms with Crippen LogP contribution in [0.5, 0.6) is 0 Å². The van der Waals surface area contributed by atoms with Gasteiger partial charge in [-0.3, -0.25) is 9.88 Å². The van der Waals surface area contributed by atoms with Gasteiger partial charge in [-0.15, -0.1) is 0 Å². The first-order chi connectivity index (χ1) is 7.90. The van der Waals surface area contributed by atoms with Crippen molar-refractivity contribution in [3.05, 3.63) is 30.1 Å². The number of β-amino-alcohol motifs (C(OH)–C–C–N with tert-alkyl or cyclic N) is 1. The van der Waals surface area contributed by atoms with Crippen LogP contribution in [0.2, 0.25) is 0 Å². The highest BCUT2D eigenvalue weighted by atomic mass is 16.3. The molecule has 1 aromatic heterocycles. The molecular weight excluding hydrogens is 200 g/mol. The Balaban J connectivity index is 1.81. The number of aromatic nitrogens is 1. The van der Waals surface area contributed by atoms with E-state index in [9.17, 15) is 0 Å². The maximum absolute atomic E-state index is 8.98. The third-order valence-electron chi connectivity index (χ3n) is 3.40.